The summed E-state index contributed by atoms with van der Waals surface area (Å²) in [5, 5.41) is 11.5. The molecule has 1 aliphatic heterocycles. The number of fused-ring (bicyclic) bond motifs is 1. The Kier molecular flexibility index (Phi) is 4.48. The first kappa shape index (κ1) is 18.1. The van der Waals surface area contributed by atoms with Crippen molar-refractivity contribution in [3.8, 4) is 21.3 Å². The topological polar surface area (TPSA) is 76.8 Å². The standard InChI is InChI=1S/C20H18N6OS2/c1-12-17-22-23-18(19-21-13(2)24-29-19)26(17)10-9-25(12)20(27)15-7-5-14(6-8-15)16-4-3-11-28-16/h3-8,11-12H,9-10H2,1-2H3. The van der Waals surface area contributed by atoms with Crippen molar-refractivity contribution in [1.82, 2.24) is 29.0 Å². The summed E-state index contributed by atoms with van der Waals surface area (Å²) in [4.78, 5) is 20.6. The summed E-state index contributed by atoms with van der Waals surface area (Å²) in [6.45, 7) is 5.09. The van der Waals surface area contributed by atoms with Crippen LogP contribution in [0.15, 0.2) is 41.8 Å². The van der Waals surface area contributed by atoms with E-state index in [0.29, 0.717) is 18.7 Å². The van der Waals surface area contributed by atoms with Gasteiger partial charge in [-0.25, -0.2) is 4.98 Å². The molecular weight excluding hydrogens is 404 g/mol. The van der Waals surface area contributed by atoms with E-state index >= 15 is 0 Å². The van der Waals surface area contributed by atoms with Crippen molar-refractivity contribution in [2.75, 3.05) is 6.54 Å². The lowest BCUT2D eigenvalue weighted by Crippen LogP contribution is -2.41. The predicted octanol–water partition coefficient (Wildman–Crippen LogP) is 4.05. The van der Waals surface area contributed by atoms with Crippen LogP contribution in [0.2, 0.25) is 0 Å². The number of rotatable bonds is 3. The van der Waals surface area contributed by atoms with E-state index in [-0.39, 0.29) is 11.9 Å². The highest BCUT2D eigenvalue weighted by Gasteiger charge is 2.32. The Hall–Kier alpha value is -2.91. The van der Waals surface area contributed by atoms with E-state index in [9.17, 15) is 4.79 Å². The molecule has 1 aromatic carbocycles. The number of hydrogen-bond acceptors (Lipinski definition) is 7. The minimum atomic E-state index is -0.163. The number of carbonyl (C=O) groups is 1. The van der Waals surface area contributed by atoms with E-state index < -0.39 is 0 Å². The first-order chi connectivity index (χ1) is 14.1. The van der Waals surface area contributed by atoms with Gasteiger partial charge in [0.1, 0.15) is 5.82 Å². The minimum absolute atomic E-state index is 0.0118. The summed E-state index contributed by atoms with van der Waals surface area (Å²) >= 11 is 3.01. The maximum Gasteiger partial charge on any atom is 0.254 e. The minimum Gasteiger partial charge on any atom is -0.327 e. The van der Waals surface area contributed by atoms with Gasteiger partial charge in [-0.2, -0.15) is 4.37 Å². The molecule has 3 aromatic heterocycles. The van der Waals surface area contributed by atoms with Crippen molar-refractivity contribution >= 4 is 28.8 Å². The van der Waals surface area contributed by atoms with Crippen molar-refractivity contribution in [2.24, 2.45) is 0 Å². The molecule has 4 heterocycles. The number of nitrogens with zero attached hydrogens (tertiary/aromatic N) is 6. The lowest BCUT2D eigenvalue weighted by atomic mass is 10.1. The van der Waals surface area contributed by atoms with Crippen LogP contribution >= 0.6 is 22.9 Å². The Labute approximate surface area is 175 Å². The molecular formula is C20H18N6OS2. The maximum absolute atomic E-state index is 13.1. The Morgan fingerprint density at radius 1 is 1.14 bits per heavy atom. The van der Waals surface area contributed by atoms with Gasteiger partial charge in [0.25, 0.3) is 5.91 Å². The van der Waals surface area contributed by atoms with Crippen LogP contribution in [0.3, 0.4) is 0 Å². The number of benzene rings is 1. The van der Waals surface area contributed by atoms with Gasteiger partial charge in [-0.1, -0.05) is 18.2 Å². The summed E-state index contributed by atoms with van der Waals surface area (Å²) in [6.07, 6.45) is 0. The number of amides is 1. The zero-order valence-electron chi connectivity index (χ0n) is 15.9. The van der Waals surface area contributed by atoms with Crippen LogP contribution in [-0.2, 0) is 6.54 Å². The lowest BCUT2D eigenvalue weighted by Gasteiger charge is -2.33. The van der Waals surface area contributed by atoms with Gasteiger partial charge in [-0.05, 0) is 54.5 Å². The molecule has 0 spiro atoms. The summed E-state index contributed by atoms with van der Waals surface area (Å²) in [7, 11) is 0. The summed E-state index contributed by atoms with van der Waals surface area (Å²) in [5.41, 5.74) is 1.81. The average Bonchev–Trinajstić information content (AvgIpc) is 3.48. The molecule has 7 nitrogen and oxygen atoms in total. The molecule has 146 valence electrons. The second-order valence-electron chi connectivity index (χ2n) is 6.91. The van der Waals surface area contributed by atoms with Crippen molar-refractivity contribution in [1.29, 1.82) is 0 Å². The second-order valence-corrected chi connectivity index (χ2v) is 8.61. The van der Waals surface area contributed by atoms with E-state index in [1.807, 2.05) is 53.6 Å². The molecule has 0 bridgehead atoms. The van der Waals surface area contributed by atoms with E-state index in [2.05, 4.69) is 31.0 Å². The molecule has 0 saturated heterocycles. The molecule has 1 atom stereocenters. The van der Waals surface area contributed by atoms with Crippen molar-refractivity contribution in [3.05, 3.63) is 59.0 Å². The Morgan fingerprint density at radius 3 is 2.66 bits per heavy atom. The predicted molar refractivity (Wildman–Crippen MR) is 113 cm³/mol. The fraction of sp³-hybridized carbons (Fsp3) is 0.250. The SMILES string of the molecule is Cc1nsc(-c2nnc3n2CCN(C(=O)c2ccc(-c4cccs4)cc2)C3C)n1. The largest absolute Gasteiger partial charge is 0.327 e. The zero-order chi connectivity index (χ0) is 20.0. The first-order valence-corrected chi connectivity index (χ1v) is 11.0. The van der Waals surface area contributed by atoms with E-state index in [1.165, 1.54) is 16.4 Å². The number of hydrogen-bond donors (Lipinski definition) is 0. The highest BCUT2D eigenvalue weighted by molar-refractivity contribution is 7.13. The molecule has 0 radical (unpaired) electrons. The van der Waals surface area contributed by atoms with E-state index in [0.717, 1.165) is 28.0 Å². The second kappa shape index (κ2) is 7.16. The van der Waals surface area contributed by atoms with Crippen LogP contribution in [0.1, 0.15) is 35.0 Å². The van der Waals surface area contributed by atoms with Crippen LogP contribution in [-0.4, -0.2) is 41.5 Å². The van der Waals surface area contributed by atoms with Gasteiger partial charge in [0.15, 0.2) is 16.7 Å². The van der Waals surface area contributed by atoms with Gasteiger partial charge >= 0.3 is 0 Å². The quantitative estimate of drug-likeness (QED) is 0.498. The van der Waals surface area contributed by atoms with Gasteiger partial charge in [0.05, 0.1) is 6.04 Å². The fourth-order valence-corrected chi connectivity index (χ4v) is 4.99. The van der Waals surface area contributed by atoms with E-state index in [1.54, 1.807) is 11.3 Å². The number of carbonyl (C=O) groups excluding carboxylic acids is 1. The van der Waals surface area contributed by atoms with Gasteiger partial charge in [-0.15, -0.1) is 21.5 Å². The molecule has 29 heavy (non-hydrogen) atoms. The highest BCUT2D eigenvalue weighted by atomic mass is 32.1. The average molecular weight is 423 g/mol. The molecule has 0 saturated carbocycles. The molecule has 0 N–H and O–H groups in total. The smallest absolute Gasteiger partial charge is 0.254 e. The number of thiophene rings is 1. The van der Waals surface area contributed by atoms with E-state index in [4.69, 9.17) is 0 Å². The van der Waals surface area contributed by atoms with Crippen molar-refractivity contribution < 1.29 is 4.79 Å². The third-order valence-electron chi connectivity index (χ3n) is 5.10. The number of aryl methyl sites for hydroxylation is 1. The third kappa shape index (κ3) is 3.16. The molecule has 1 unspecified atom stereocenters. The fourth-order valence-electron chi connectivity index (χ4n) is 3.59. The van der Waals surface area contributed by atoms with Gasteiger partial charge in [-0.3, -0.25) is 4.79 Å². The highest BCUT2D eigenvalue weighted by Crippen LogP contribution is 2.31. The summed E-state index contributed by atoms with van der Waals surface area (Å²) in [6, 6.07) is 11.8. The van der Waals surface area contributed by atoms with Gasteiger partial charge in [0.2, 0.25) is 0 Å². The molecule has 4 aromatic rings. The van der Waals surface area contributed by atoms with Gasteiger partial charge in [0, 0.05) is 23.5 Å². The summed E-state index contributed by atoms with van der Waals surface area (Å²) in [5.74, 6) is 2.25. The molecule has 1 amide bonds. The van der Waals surface area contributed by atoms with Crippen LogP contribution in [0.4, 0.5) is 0 Å². The Morgan fingerprint density at radius 2 is 1.97 bits per heavy atom. The first-order valence-electron chi connectivity index (χ1n) is 9.30. The van der Waals surface area contributed by atoms with Crippen LogP contribution in [0.5, 0.6) is 0 Å². The molecule has 5 rings (SSSR count). The third-order valence-corrected chi connectivity index (χ3v) is 6.82. The van der Waals surface area contributed by atoms with Crippen molar-refractivity contribution in [2.45, 2.75) is 26.4 Å². The Bertz CT molecular complexity index is 1160. The Balaban J connectivity index is 1.39. The summed E-state index contributed by atoms with van der Waals surface area (Å²) < 4.78 is 6.28. The monoisotopic (exact) mass is 422 g/mol. The lowest BCUT2D eigenvalue weighted by molar-refractivity contribution is 0.0638. The zero-order valence-corrected chi connectivity index (χ0v) is 17.6. The molecule has 1 aliphatic rings. The number of aromatic nitrogens is 5. The van der Waals surface area contributed by atoms with Crippen LogP contribution < -0.4 is 0 Å². The molecule has 0 fully saturated rings. The maximum atomic E-state index is 13.1. The van der Waals surface area contributed by atoms with Gasteiger partial charge < -0.3 is 9.47 Å². The van der Waals surface area contributed by atoms with Crippen LogP contribution in [0.25, 0.3) is 21.3 Å². The molecule has 0 aliphatic carbocycles. The van der Waals surface area contributed by atoms with Crippen LogP contribution in [0, 0.1) is 6.92 Å². The normalized spacial score (nSPS) is 16.1. The van der Waals surface area contributed by atoms with Crippen molar-refractivity contribution in [3.63, 3.8) is 0 Å². The molecule has 9 heteroatoms.